The maximum Gasteiger partial charge on any atom is 0.326 e. The van der Waals surface area contributed by atoms with Crippen molar-refractivity contribution in [2.75, 3.05) is 6.54 Å². The molecule has 220 valence electrons. The molecule has 4 unspecified atom stereocenters. The number of carboxylic acids is 1. The molecule has 0 saturated carbocycles. The van der Waals surface area contributed by atoms with Crippen LogP contribution in [0.25, 0.3) is 10.9 Å². The van der Waals surface area contributed by atoms with Gasteiger partial charge in [0.05, 0.1) is 18.7 Å². The van der Waals surface area contributed by atoms with E-state index in [1.165, 1.54) is 23.8 Å². The molecule has 1 saturated heterocycles. The van der Waals surface area contributed by atoms with E-state index < -0.39 is 47.9 Å². The first-order chi connectivity index (χ1) is 20.3. The number of likely N-dealkylation sites (tertiary alicyclic amines) is 1. The predicted molar refractivity (Wildman–Crippen MR) is 151 cm³/mol. The Labute approximate surface area is 240 Å². The van der Waals surface area contributed by atoms with E-state index in [9.17, 15) is 24.3 Å². The van der Waals surface area contributed by atoms with E-state index in [4.69, 9.17) is 5.73 Å². The minimum absolute atomic E-state index is 0.0561. The van der Waals surface area contributed by atoms with E-state index in [1.807, 2.05) is 24.3 Å². The van der Waals surface area contributed by atoms with Crippen molar-refractivity contribution < 1.29 is 24.3 Å². The molecule has 0 bridgehead atoms. The lowest BCUT2D eigenvalue weighted by atomic mass is 10.0. The predicted octanol–water partition coefficient (Wildman–Crippen LogP) is 0.0145. The normalized spacial score (nSPS) is 17.1. The number of aliphatic carboxylic acids is 1. The average molecular weight is 576 g/mol. The van der Waals surface area contributed by atoms with Crippen molar-refractivity contribution in [3.8, 4) is 0 Å². The first kappa shape index (κ1) is 28.5. The van der Waals surface area contributed by atoms with Crippen LogP contribution in [0.4, 0.5) is 0 Å². The number of nitrogens with zero attached hydrogens (tertiary/aromatic N) is 3. The molecule has 0 aliphatic carbocycles. The van der Waals surface area contributed by atoms with Gasteiger partial charge in [-0.2, -0.15) is 0 Å². The van der Waals surface area contributed by atoms with Gasteiger partial charge in [-0.1, -0.05) is 18.2 Å². The number of fused-ring (bicyclic) bond motifs is 1. The summed E-state index contributed by atoms with van der Waals surface area (Å²) in [4.78, 5) is 70.7. The van der Waals surface area contributed by atoms with E-state index in [0.717, 1.165) is 16.5 Å². The van der Waals surface area contributed by atoms with Crippen LogP contribution in [0.15, 0.2) is 55.5 Å². The van der Waals surface area contributed by atoms with E-state index >= 15 is 0 Å². The van der Waals surface area contributed by atoms with Crippen LogP contribution in [0.3, 0.4) is 0 Å². The van der Waals surface area contributed by atoms with Crippen LogP contribution in [0.1, 0.15) is 29.8 Å². The lowest BCUT2D eigenvalue weighted by Gasteiger charge is -2.29. The number of aromatic amines is 3. The lowest BCUT2D eigenvalue weighted by Crippen LogP contribution is -2.58. The Morgan fingerprint density at radius 2 is 1.64 bits per heavy atom. The topological polar surface area (TPSA) is 215 Å². The van der Waals surface area contributed by atoms with Gasteiger partial charge in [0.15, 0.2) is 0 Å². The number of hydrogen-bond donors (Lipinski definition) is 7. The number of nitrogens with one attached hydrogen (secondary N) is 5. The molecule has 8 N–H and O–H groups in total. The fraction of sp³-hybridized carbons (Fsp3) is 0.357. The standard InChI is InChI=1S/C28H33N9O5/c29-20(9-17-12-30-14-33-17)25(38)35-22(8-16-11-32-21-5-2-1-4-19(16)21)26(39)36-23(10-18-13-31-15-34-18)27(40)37-7-3-6-24(37)28(41)42/h1-2,4-5,11-15,20,22-24,32H,3,6-10,29H2,(H,30,33)(H,31,34)(H,35,38)(H,36,39)(H,41,42). The van der Waals surface area contributed by atoms with Crippen molar-refractivity contribution in [2.24, 2.45) is 5.73 Å². The van der Waals surface area contributed by atoms with Crippen LogP contribution in [0, 0.1) is 0 Å². The van der Waals surface area contributed by atoms with Gasteiger partial charge in [0.1, 0.15) is 18.1 Å². The van der Waals surface area contributed by atoms with Crippen molar-refractivity contribution >= 4 is 34.6 Å². The Morgan fingerprint density at radius 3 is 2.33 bits per heavy atom. The van der Waals surface area contributed by atoms with Crippen molar-refractivity contribution in [3.05, 3.63) is 72.5 Å². The number of para-hydroxylation sites is 1. The van der Waals surface area contributed by atoms with Gasteiger partial charge in [0.25, 0.3) is 0 Å². The first-order valence-electron chi connectivity index (χ1n) is 13.7. The quantitative estimate of drug-likeness (QED) is 0.122. The summed E-state index contributed by atoms with van der Waals surface area (Å²) in [5.74, 6) is -2.77. The highest BCUT2D eigenvalue weighted by Crippen LogP contribution is 2.21. The molecule has 42 heavy (non-hydrogen) atoms. The van der Waals surface area contributed by atoms with Gasteiger partial charge >= 0.3 is 5.97 Å². The summed E-state index contributed by atoms with van der Waals surface area (Å²) in [5, 5.41) is 16.1. The maximum absolute atomic E-state index is 13.8. The molecule has 1 aliphatic rings. The first-order valence-corrected chi connectivity index (χ1v) is 13.7. The van der Waals surface area contributed by atoms with E-state index in [-0.39, 0.29) is 25.8 Å². The van der Waals surface area contributed by atoms with Crippen molar-refractivity contribution in [3.63, 3.8) is 0 Å². The van der Waals surface area contributed by atoms with E-state index in [1.54, 1.807) is 12.4 Å². The Hall–Kier alpha value is -4.98. The molecular formula is C28H33N9O5. The fourth-order valence-electron chi connectivity index (χ4n) is 5.31. The Kier molecular flexibility index (Phi) is 8.62. The summed E-state index contributed by atoms with van der Waals surface area (Å²) in [6, 6.07) is 3.45. The van der Waals surface area contributed by atoms with Crippen LogP contribution in [0.2, 0.25) is 0 Å². The summed E-state index contributed by atoms with van der Waals surface area (Å²) in [6.07, 6.45) is 9.04. The molecule has 3 amide bonds. The maximum atomic E-state index is 13.8. The molecule has 1 fully saturated rings. The number of carbonyl (C=O) groups is 4. The van der Waals surface area contributed by atoms with Crippen LogP contribution < -0.4 is 16.4 Å². The molecule has 3 aromatic heterocycles. The second-order valence-electron chi connectivity index (χ2n) is 10.4. The number of amides is 3. The van der Waals surface area contributed by atoms with Crippen molar-refractivity contribution in [1.29, 1.82) is 0 Å². The van der Waals surface area contributed by atoms with Gasteiger partial charge in [-0.05, 0) is 24.5 Å². The van der Waals surface area contributed by atoms with Gasteiger partial charge in [0.2, 0.25) is 17.7 Å². The molecule has 4 heterocycles. The molecule has 1 aliphatic heterocycles. The van der Waals surface area contributed by atoms with Gasteiger partial charge in [-0.15, -0.1) is 0 Å². The minimum Gasteiger partial charge on any atom is -0.480 e. The number of carbonyl (C=O) groups excluding carboxylic acids is 3. The molecule has 0 radical (unpaired) electrons. The molecule has 5 rings (SSSR count). The molecular weight excluding hydrogens is 542 g/mol. The van der Waals surface area contributed by atoms with Crippen molar-refractivity contribution in [1.82, 2.24) is 40.5 Å². The number of benzene rings is 1. The summed E-state index contributed by atoms with van der Waals surface area (Å²) < 4.78 is 0. The Morgan fingerprint density at radius 1 is 0.952 bits per heavy atom. The average Bonchev–Trinajstić information content (AvgIpc) is 3.80. The number of hydrogen-bond acceptors (Lipinski definition) is 7. The molecule has 1 aromatic carbocycles. The Balaban J connectivity index is 1.39. The van der Waals surface area contributed by atoms with E-state index in [0.29, 0.717) is 24.2 Å². The number of nitrogens with two attached hydrogens (primary N) is 1. The van der Waals surface area contributed by atoms with Gasteiger partial charge in [-0.3, -0.25) is 14.4 Å². The summed E-state index contributed by atoms with van der Waals surface area (Å²) in [7, 11) is 0. The van der Waals surface area contributed by atoms with Crippen LogP contribution >= 0.6 is 0 Å². The number of carboxylic acid groups (broad SMARTS) is 1. The molecule has 4 atom stereocenters. The number of imidazole rings is 2. The van der Waals surface area contributed by atoms with Gasteiger partial charge < -0.3 is 41.3 Å². The highest BCUT2D eigenvalue weighted by molar-refractivity contribution is 5.95. The number of aromatic nitrogens is 5. The van der Waals surface area contributed by atoms with Crippen LogP contribution in [-0.2, 0) is 38.4 Å². The second-order valence-corrected chi connectivity index (χ2v) is 10.4. The highest BCUT2D eigenvalue weighted by atomic mass is 16.4. The third-order valence-electron chi connectivity index (χ3n) is 7.48. The number of H-pyrrole nitrogens is 3. The minimum atomic E-state index is -1.10. The van der Waals surface area contributed by atoms with Crippen molar-refractivity contribution in [2.45, 2.75) is 56.3 Å². The molecule has 0 spiro atoms. The Bertz CT molecular complexity index is 1530. The summed E-state index contributed by atoms with van der Waals surface area (Å²) >= 11 is 0. The zero-order chi connectivity index (χ0) is 29.6. The molecule has 4 aromatic rings. The van der Waals surface area contributed by atoms with Crippen LogP contribution in [0.5, 0.6) is 0 Å². The zero-order valence-electron chi connectivity index (χ0n) is 22.7. The highest BCUT2D eigenvalue weighted by Gasteiger charge is 2.38. The summed E-state index contributed by atoms with van der Waals surface area (Å²) in [6.45, 7) is 0.267. The third kappa shape index (κ3) is 6.49. The fourth-order valence-corrected chi connectivity index (χ4v) is 5.31. The lowest BCUT2D eigenvalue weighted by molar-refractivity contribution is -0.149. The monoisotopic (exact) mass is 575 g/mol. The SMILES string of the molecule is NC(Cc1cnc[nH]1)C(=O)NC(Cc1c[nH]c2ccccc12)C(=O)NC(Cc1cnc[nH]1)C(=O)N1CCCC1C(=O)O. The zero-order valence-corrected chi connectivity index (χ0v) is 22.7. The largest absolute Gasteiger partial charge is 0.480 e. The molecule has 14 nitrogen and oxygen atoms in total. The third-order valence-corrected chi connectivity index (χ3v) is 7.48. The van der Waals surface area contributed by atoms with Gasteiger partial charge in [0, 0.05) is 66.7 Å². The van der Waals surface area contributed by atoms with Gasteiger partial charge in [-0.25, -0.2) is 14.8 Å². The van der Waals surface area contributed by atoms with Crippen LogP contribution in [-0.4, -0.2) is 89.3 Å². The van der Waals surface area contributed by atoms with E-state index in [2.05, 4.69) is 35.6 Å². The molecule has 14 heteroatoms. The number of rotatable bonds is 12. The summed E-state index contributed by atoms with van der Waals surface area (Å²) in [5.41, 5.74) is 9.07. The smallest absolute Gasteiger partial charge is 0.326 e. The second kappa shape index (κ2) is 12.7.